The van der Waals surface area contributed by atoms with Crippen LogP contribution in [0.4, 0.5) is 0 Å². The summed E-state index contributed by atoms with van der Waals surface area (Å²) in [6.07, 6.45) is 2.41. The minimum atomic E-state index is -1.77. The molecule has 1 aliphatic rings. The molecule has 7 heteroatoms. The van der Waals surface area contributed by atoms with Gasteiger partial charge < -0.3 is 20.5 Å². The number of carbonyl (C=O) groups excluding carboxylic acids is 2. The number of nitrogens with zero attached hydrogens (tertiary/aromatic N) is 1. The van der Waals surface area contributed by atoms with E-state index in [0.717, 1.165) is 24.0 Å². The molecule has 0 radical (unpaired) electrons. The molecule has 184 valence electrons. The van der Waals surface area contributed by atoms with Gasteiger partial charge in [0.2, 0.25) is 5.91 Å². The van der Waals surface area contributed by atoms with Crippen molar-refractivity contribution in [2.24, 2.45) is 11.1 Å². The van der Waals surface area contributed by atoms with Crippen molar-refractivity contribution >= 4 is 35.4 Å². The molecule has 1 saturated heterocycles. The molecule has 0 saturated carbocycles. The van der Waals surface area contributed by atoms with Gasteiger partial charge in [-0.3, -0.25) is 4.79 Å². The van der Waals surface area contributed by atoms with Gasteiger partial charge in [0.15, 0.2) is 6.29 Å². The van der Waals surface area contributed by atoms with Crippen LogP contribution in [0.25, 0.3) is 0 Å². The van der Waals surface area contributed by atoms with E-state index >= 15 is 0 Å². The maximum absolute atomic E-state index is 14.2. The van der Waals surface area contributed by atoms with Crippen LogP contribution in [0.3, 0.4) is 0 Å². The fourth-order valence-corrected chi connectivity index (χ4v) is 5.79. The summed E-state index contributed by atoms with van der Waals surface area (Å²) < 4.78 is 0. The lowest BCUT2D eigenvalue weighted by atomic mass is 9.64. The van der Waals surface area contributed by atoms with Gasteiger partial charge in [0, 0.05) is 28.5 Å². The van der Waals surface area contributed by atoms with Crippen molar-refractivity contribution in [1.82, 2.24) is 4.90 Å². The molecular weight excluding hydrogens is 471 g/mol. The Morgan fingerprint density at radius 1 is 1.15 bits per heavy atom. The lowest BCUT2D eigenvalue weighted by molar-refractivity contribution is -0.160. The molecule has 0 unspecified atom stereocenters. The lowest BCUT2D eigenvalue weighted by Crippen LogP contribution is -2.58. The average Bonchev–Trinajstić information content (AvgIpc) is 2.83. The monoisotopic (exact) mass is 504 g/mol. The Bertz CT molecular complexity index is 1010. The molecule has 5 nitrogen and oxygen atoms in total. The third kappa shape index (κ3) is 5.33. The number of carbonyl (C=O) groups is 2. The first-order chi connectivity index (χ1) is 16.1. The normalized spacial score (nSPS) is 24.8. The summed E-state index contributed by atoms with van der Waals surface area (Å²) in [4.78, 5) is 27.9. The quantitative estimate of drug-likeness (QED) is 0.440. The first kappa shape index (κ1) is 26.7. The summed E-state index contributed by atoms with van der Waals surface area (Å²) in [5.74, 6) is -0.190. The van der Waals surface area contributed by atoms with E-state index < -0.39 is 11.0 Å². The maximum atomic E-state index is 14.2. The van der Waals surface area contributed by atoms with Crippen molar-refractivity contribution in [2.75, 3.05) is 6.54 Å². The molecule has 1 amide bonds. The number of aliphatic hydroxyl groups is 1. The topological polar surface area (TPSA) is 83.6 Å². The van der Waals surface area contributed by atoms with E-state index in [9.17, 15) is 14.7 Å². The highest BCUT2D eigenvalue weighted by molar-refractivity contribution is 6.30. The van der Waals surface area contributed by atoms with Crippen molar-refractivity contribution in [3.05, 3.63) is 69.7 Å². The van der Waals surface area contributed by atoms with Gasteiger partial charge in [-0.05, 0) is 61.1 Å². The second-order valence-corrected chi connectivity index (χ2v) is 10.6. The number of hydrogen-bond donors (Lipinski definition) is 2. The molecule has 0 spiro atoms. The van der Waals surface area contributed by atoms with Gasteiger partial charge in [0.05, 0.1) is 11.5 Å². The molecule has 4 atom stereocenters. The SMILES string of the molecule is CCC(CC)N1C(=O)[C@@](C)(C[C@](O)(C=O)CN)C[C@H](c2cccc(Cl)c2)[C@H]1c1ccc(Cl)cc1. The Balaban J connectivity index is 2.23. The molecule has 1 heterocycles. The highest BCUT2D eigenvalue weighted by Crippen LogP contribution is 2.53. The molecular formula is C27H34Cl2N2O3. The van der Waals surface area contributed by atoms with Crippen LogP contribution >= 0.6 is 23.2 Å². The van der Waals surface area contributed by atoms with Gasteiger partial charge in [0.1, 0.15) is 5.60 Å². The third-order valence-electron chi connectivity index (χ3n) is 7.20. The Morgan fingerprint density at radius 3 is 2.32 bits per heavy atom. The van der Waals surface area contributed by atoms with E-state index in [4.69, 9.17) is 28.9 Å². The second-order valence-electron chi connectivity index (χ2n) is 9.71. The number of piperidine rings is 1. The fraction of sp³-hybridized carbons (Fsp3) is 0.481. The highest BCUT2D eigenvalue weighted by atomic mass is 35.5. The maximum Gasteiger partial charge on any atom is 0.229 e. The first-order valence-corrected chi connectivity index (χ1v) is 12.6. The van der Waals surface area contributed by atoms with Crippen LogP contribution in [-0.2, 0) is 9.59 Å². The van der Waals surface area contributed by atoms with Gasteiger partial charge in [-0.2, -0.15) is 0 Å². The second kappa shape index (κ2) is 10.8. The van der Waals surface area contributed by atoms with E-state index in [2.05, 4.69) is 13.8 Å². The van der Waals surface area contributed by atoms with Crippen LogP contribution in [0.2, 0.25) is 10.0 Å². The van der Waals surface area contributed by atoms with Crippen molar-refractivity contribution in [3.8, 4) is 0 Å². The van der Waals surface area contributed by atoms with E-state index in [-0.39, 0.29) is 36.9 Å². The van der Waals surface area contributed by atoms with E-state index in [1.165, 1.54) is 0 Å². The van der Waals surface area contributed by atoms with Crippen molar-refractivity contribution < 1.29 is 14.7 Å². The van der Waals surface area contributed by atoms with Gasteiger partial charge in [-0.1, -0.05) is 68.2 Å². The number of likely N-dealkylation sites (tertiary alicyclic amines) is 1. The summed E-state index contributed by atoms with van der Waals surface area (Å²) >= 11 is 12.6. The summed E-state index contributed by atoms with van der Waals surface area (Å²) in [6.45, 7) is 5.74. The predicted molar refractivity (Wildman–Crippen MR) is 137 cm³/mol. The third-order valence-corrected chi connectivity index (χ3v) is 7.68. The van der Waals surface area contributed by atoms with Crippen LogP contribution in [-0.4, -0.2) is 40.4 Å². The Hall–Kier alpha value is -1.92. The summed E-state index contributed by atoms with van der Waals surface area (Å²) in [5.41, 5.74) is 4.98. The molecule has 1 aliphatic heterocycles. The number of benzene rings is 2. The largest absolute Gasteiger partial charge is 0.381 e. The standard InChI is InChI=1S/C27H34Cl2N2O3/c1-4-22(5-2)31-24(18-9-11-20(28)12-10-18)23(19-7-6-8-21(29)13-19)14-26(3,25(31)33)15-27(34,16-30)17-32/h6-13,17,22-24,34H,4-5,14-16,30H2,1-3H3/t23-,24-,26-,27-/m1/s1. The molecule has 3 rings (SSSR count). The minimum Gasteiger partial charge on any atom is -0.381 e. The lowest BCUT2D eigenvalue weighted by Gasteiger charge is -2.53. The van der Waals surface area contributed by atoms with Crippen LogP contribution in [0.5, 0.6) is 0 Å². The van der Waals surface area contributed by atoms with E-state index in [0.29, 0.717) is 22.8 Å². The van der Waals surface area contributed by atoms with Gasteiger partial charge >= 0.3 is 0 Å². The molecule has 34 heavy (non-hydrogen) atoms. The van der Waals surface area contributed by atoms with E-state index in [1.54, 1.807) is 0 Å². The molecule has 2 aromatic carbocycles. The number of hydrogen-bond acceptors (Lipinski definition) is 4. The summed E-state index contributed by atoms with van der Waals surface area (Å²) in [6, 6.07) is 15.1. The van der Waals surface area contributed by atoms with Crippen LogP contribution in [0.15, 0.2) is 48.5 Å². The number of aldehydes is 1. The van der Waals surface area contributed by atoms with Crippen molar-refractivity contribution in [3.63, 3.8) is 0 Å². The Kier molecular flexibility index (Phi) is 8.46. The van der Waals surface area contributed by atoms with Crippen LogP contribution in [0, 0.1) is 5.41 Å². The van der Waals surface area contributed by atoms with Crippen molar-refractivity contribution in [2.45, 2.75) is 70.1 Å². The number of nitrogens with two attached hydrogens (primary N) is 1. The van der Waals surface area contributed by atoms with Crippen LogP contribution < -0.4 is 5.73 Å². The number of amides is 1. The van der Waals surface area contributed by atoms with Gasteiger partial charge in [-0.15, -0.1) is 0 Å². The summed E-state index contributed by atoms with van der Waals surface area (Å²) in [5, 5.41) is 12.1. The molecule has 3 N–H and O–H groups in total. The molecule has 0 aromatic heterocycles. The predicted octanol–water partition coefficient (Wildman–Crippen LogP) is 5.52. The molecule has 2 aromatic rings. The van der Waals surface area contributed by atoms with Gasteiger partial charge in [0.25, 0.3) is 0 Å². The summed E-state index contributed by atoms with van der Waals surface area (Å²) in [7, 11) is 0. The Labute approximate surface area is 212 Å². The Morgan fingerprint density at radius 2 is 1.79 bits per heavy atom. The number of rotatable bonds is 9. The minimum absolute atomic E-state index is 0.0170. The molecule has 0 bridgehead atoms. The zero-order valence-corrected chi connectivity index (χ0v) is 21.5. The highest BCUT2D eigenvalue weighted by Gasteiger charge is 2.53. The zero-order valence-electron chi connectivity index (χ0n) is 20.0. The molecule has 0 aliphatic carbocycles. The smallest absolute Gasteiger partial charge is 0.229 e. The van der Waals surface area contributed by atoms with Crippen molar-refractivity contribution in [1.29, 1.82) is 0 Å². The fourth-order valence-electron chi connectivity index (χ4n) is 5.47. The van der Waals surface area contributed by atoms with Crippen LogP contribution in [0.1, 0.15) is 69.5 Å². The first-order valence-electron chi connectivity index (χ1n) is 11.8. The molecule has 1 fully saturated rings. The zero-order chi connectivity index (χ0) is 25.1. The average molecular weight is 505 g/mol. The van der Waals surface area contributed by atoms with Gasteiger partial charge in [-0.25, -0.2) is 0 Å². The van der Waals surface area contributed by atoms with E-state index in [1.807, 2.05) is 60.4 Å². The number of halogens is 2.